The number of halogens is 3. The lowest BCUT2D eigenvalue weighted by Crippen LogP contribution is -2.38. The first-order valence-electron chi connectivity index (χ1n) is 13.1. The smallest absolute Gasteiger partial charge is 0.326 e. The van der Waals surface area contributed by atoms with Crippen LogP contribution in [-0.2, 0) is 0 Å². The summed E-state index contributed by atoms with van der Waals surface area (Å²) < 4.78 is 1.93. The van der Waals surface area contributed by atoms with Crippen molar-refractivity contribution >= 4 is 52.5 Å². The summed E-state index contributed by atoms with van der Waals surface area (Å²) in [7, 11) is 1.85. The number of benzene rings is 3. The van der Waals surface area contributed by atoms with Crippen LogP contribution in [0.4, 0.5) is 0 Å². The maximum absolute atomic E-state index is 13.0. The van der Waals surface area contributed by atoms with Gasteiger partial charge in [-0.3, -0.25) is 9.36 Å². The Bertz CT molecular complexity index is 1460. The zero-order valence-corrected chi connectivity index (χ0v) is 24.2. The SMILES string of the molecule is CN(CC(CCN1CCC(n2c(=O)[nH]c3ccccc32)CC1)c1ccc(Cl)c(Cl)c1)C(=O)c1ccccc1.Cl. The van der Waals surface area contributed by atoms with Crippen molar-refractivity contribution in [3.05, 3.63) is 104 Å². The van der Waals surface area contributed by atoms with Crippen LogP contribution in [-0.4, -0.2) is 58.5 Å². The van der Waals surface area contributed by atoms with Gasteiger partial charge in [-0.05, 0) is 67.8 Å². The van der Waals surface area contributed by atoms with Gasteiger partial charge < -0.3 is 14.8 Å². The van der Waals surface area contributed by atoms with E-state index in [2.05, 4.69) is 9.88 Å². The predicted octanol–water partition coefficient (Wildman–Crippen LogP) is 6.64. The quantitative estimate of drug-likeness (QED) is 0.251. The fourth-order valence-electron chi connectivity index (χ4n) is 5.52. The largest absolute Gasteiger partial charge is 0.341 e. The molecule has 1 fully saturated rings. The molecule has 1 aliphatic heterocycles. The highest BCUT2D eigenvalue weighted by atomic mass is 35.5. The van der Waals surface area contributed by atoms with Gasteiger partial charge in [-0.15, -0.1) is 12.4 Å². The van der Waals surface area contributed by atoms with Crippen molar-refractivity contribution in [3.8, 4) is 0 Å². The number of rotatable bonds is 8. The number of amides is 1. The van der Waals surface area contributed by atoms with E-state index in [-0.39, 0.29) is 36.0 Å². The molecule has 5 rings (SSSR count). The molecule has 1 atom stereocenters. The van der Waals surface area contributed by atoms with Gasteiger partial charge in [-0.2, -0.15) is 0 Å². The predicted molar refractivity (Wildman–Crippen MR) is 162 cm³/mol. The van der Waals surface area contributed by atoms with E-state index < -0.39 is 0 Å². The van der Waals surface area contributed by atoms with Gasteiger partial charge in [0.15, 0.2) is 0 Å². The first-order chi connectivity index (χ1) is 18.4. The number of piperidine rings is 1. The summed E-state index contributed by atoms with van der Waals surface area (Å²) in [5, 5.41) is 1.05. The van der Waals surface area contributed by atoms with Crippen molar-refractivity contribution < 1.29 is 4.79 Å². The summed E-state index contributed by atoms with van der Waals surface area (Å²) in [5.74, 6) is 0.108. The minimum absolute atomic E-state index is 0. The third kappa shape index (κ3) is 6.69. The second kappa shape index (κ2) is 13.1. The molecule has 0 bridgehead atoms. The zero-order chi connectivity index (χ0) is 26.6. The number of aromatic amines is 1. The van der Waals surface area contributed by atoms with E-state index in [9.17, 15) is 9.59 Å². The molecule has 206 valence electrons. The number of hydrogen-bond acceptors (Lipinski definition) is 3. The van der Waals surface area contributed by atoms with Crippen molar-refractivity contribution in [2.24, 2.45) is 0 Å². The van der Waals surface area contributed by atoms with Crippen LogP contribution in [0.3, 0.4) is 0 Å². The molecule has 4 aromatic rings. The minimum Gasteiger partial charge on any atom is -0.341 e. The Morgan fingerprint density at radius 1 is 1.00 bits per heavy atom. The molecule has 9 heteroatoms. The van der Waals surface area contributed by atoms with E-state index >= 15 is 0 Å². The lowest BCUT2D eigenvalue weighted by Gasteiger charge is -2.34. The van der Waals surface area contributed by atoms with E-state index in [1.165, 1.54) is 0 Å². The van der Waals surface area contributed by atoms with E-state index in [4.69, 9.17) is 23.2 Å². The summed E-state index contributed by atoms with van der Waals surface area (Å²) in [6.07, 6.45) is 2.72. The van der Waals surface area contributed by atoms with Crippen LogP contribution in [0, 0.1) is 0 Å². The Balaban J connectivity index is 0.00000353. The highest BCUT2D eigenvalue weighted by molar-refractivity contribution is 6.42. The summed E-state index contributed by atoms with van der Waals surface area (Å²) >= 11 is 12.6. The number of para-hydroxylation sites is 2. The zero-order valence-electron chi connectivity index (χ0n) is 21.9. The molecule has 1 unspecified atom stereocenters. The normalized spacial score (nSPS) is 15.2. The van der Waals surface area contributed by atoms with Crippen molar-refractivity contribution in [3.63, 3.8) is 0 Å². The summed E-state index contributed by atoms with van der Waals surface area (Å²) in [5.41, 5.74) is 3.58. The summed E-state index contributed by atoms with van der Waals surface area (Å²) in [6.45, 7) is 3.31. The molecule has 6 nitrogen and oxygen atoms in total. The highest BCUT2D eigenvalue weighted by Gasteiger charge is 2.25. The van der Waals surface area contributed by atoms with Gasteiger partial charge in [0.2, 0.25) is 0 Å². The maximum Gasteiger partial charge on any atom is 0.326 e. The van der Waals surface area contributed by atoms with Crippen LogP contribution in [0.1, 0.15) is 47.1 Å². The minimum atomic E-state index is -0.0320. The van der Waals surface area contributed by atoms with Crippen LogP contribution in [0.25, 0.3) is 11.0 Å². The lowest BCUT2D eigenvalue weighted by molar-refractivity contribution is 0.0781. The Morgan fingerprint density at radius 3 is 2.41 bits per heavy atom. The molecule has 0 saturated carbocycles. The summed E-state index contributed by atoms with van der Waals surface area (Å²) in [6, 6.07) is 23.2. The standard InChI is InChI=1S/C30H32Cl2N4O2.ClH/c1-34(29(37)21-7-3-2-4-8-21)20-23(22-11-12-25(31)26(32)19-22)13-16-35-17-14-24(15-18-35)36-28-10-6-5-9-27(28)33-30(36)38;/h2-12,19,23-24H,13-18,20H2,1H3,(H,33,38);1H. The number of likely N-dealkylation sites (N-methyl/N-ethyl adjacent to an activating group) is 1. The van der Waals surface area contributed by atoms with E-state index in [1.54, 1.807) is 4.90 Å². The Hall–Kier alpha value is -2.77. The van der Waals surface area contributed by atoms with Gasteiger partial charge in [0, 0.05) is 44.2 Å². The van der Waals surface area contributed by atoms with Gasteiger partial charge in [0.1, 0.15) is 0 Å². The second-order valence-electron chi connectivity index (χ2n) is 10.1. The Morgan fingerprint density at radius 2 is 1.69 bits per heavy atom. The van der Waals surface area contributed by atoms with Crippen LogP contribution in [0.5, 0.6) is 0 Å². The first kappa shape index (κ1) is 29.2. The number of H-pyrrole nitrogens is 1. The lowest BCUT2D eigenvalue weighted by atomic mass is 9.94. The number of nitrogens with one attached hydrogen (secondary N) is 1. The number of fused-ring (bicyclic) bond motifs is 1. The molecular weight excluding hydrogens is 555 g/mol. The number of hydrogen-bond donors (Lipinski definition) is 1. The van der Waals surface area contributed by atoms with Crippen LogP contribution in [0.15, 0.2) is 77.6 Å². The number of aromatic nitrogens is 2. The molecule has 1 saturated heterocycles. The molecule has 0 aliphatic carbocycles. The van der Waals surface area contributed by atoms with E-state index in [0.29, 0.717) is 22.2 Å². The van der Waals surface area contributed by atoms with Crippen molar-refractivity contribution in [2.45, 2.75) is 31.2 Å². The topological polar surface area (TPSA) is 61.3 Å². The van der Waals surface area contributed by atoms with E-state index in [1.807, 2.05) is 84.4 Å². The average molecular weight is 588 g/mol. The maximum atomic E-state index is 13.0. The number of nitrogens with zero attached hydrogens (tertiary/aromatic N) is 3. The first-order valence-corrected chi connectivity index (χ1v) is 13.8. The second-order valence-corrected chi connectivity index (χ2v) is 10.9. The molecule has 0 spiro atoms. The van der Waals surface area contributed by atoms with Gasteiger partial charge in [-0.25, -0.2) is 4.79 Å². The van der Waals surface area contributed by atoms with Gasteiger partial charge >= 0.3 is 5.69 Å². The number of carbonyl (C=O) groups excluding carboxylic acids is 1. The molecule has 1 N–H and O–H groups in total. The molecule has 1 amide bonds. The molecule has 2 heterocycles. The third-order valence-electron chi connectivity index (χ3n) is 7.62. The third-order valence-corrected chi connectivity index (χ3v) is 8.36. The monoisotopic (exact) mass is 586 g/mol. The van der Waals surface area contributed by atoms with Gasteiger partial charge in [0.05, 0.1) is 21.1 Å². The van der Waals surface area contributed by atoms with Crippen LogP contribution in [0.2, 0.25) is 10.0 Å². The fourth-order valence-corrected chi connectivity index (χ4v) is 5.83. The molecule has 39 heavy (non-hydrogen) atoms. The van der Waals surface area contributed by atoms with Crippen molar-refractivity contribution in [1.82, 2.24) is 19.4 Å². The molecule has 1 aromatic heterocycles. The van der Waals surface area contributed by atoms with Crippen LogP contribution < -0.4 is 5.69 Å². The van der Waals surface area contributed by atoms with Crippen LogP contribution >= 0.6 is 35.6 Å². The molecular formula is C30H33Cl3N4O2. The molecule has 0 radical (unpaired) electrons. The fraction of sp³-hybridized carbons (Fsp3) is 0.333. The molecule has 3 aromatic carbocycles. The average Bonchev–Trinajstić information content (AvgIpc) is 3.28. The van der Waals surface area contributed by atoms with Gasteiger partial charge in [0.25, 0.3) is 5.91 Å². The van der Waals surface area contributed by atoms with Crippen molar-refractivity contribution in [2.75, 3.05) is 33.2 Å². The number of likely N-dealkylation sites (tertiary alicyclic amines) is 1. The van der Waals surface area contributed by atoms with E-state index in [0.717, 1.165) is 55.5 Å². The highest BCUT2D eigenvalue weighted by Crippen LogP contribution is 2.30. The molecule has 1 aliphatic rings. The Kier molecular flexibility index (Phi) is 9.78. The summed E-state index contributed by atoms with van der Waals surface area (Å²) in [4.78, 5) is 32.9. The van der Waals surface area contributed by atoms with Crippen molar-refractivity contribution in [1.29, 1.82) is 0 Å². The Labute approximate surface area is 244 Å². The van der Waals surface area contributed by atoms with Gasteiger partial charge in [-0.1, -0.05) is 59.6 Å². The number of carbonyl (C=O) groups is 1. The number of imidazole rings is 1.